The Morgan fingerprint density at radius 2 is 1.84 bits per heavy atom. The first-order valence-corrected chi connectivity index (χ1v) is 6.99. The first kappa shape index (κ1) is 15.9. The Bertz CT molecular complexity index is 367. The summed E-state index contributed by atoms with van der Waals surface area (Å²) in [6.07, 6.45) is 2.07. The molecule has 0 radical (unpaired) electrons. The molecule has 0 spiro atoms. The third kappa shape index (κ3) is 5.13. The van der Waals surface area contributed by atoms with E-state index in [0.717, 1.165) is 32.3 Å². The molecule has 1 aromatic rings. The minimum atomic E-state index is 0.0740. The molecule has 2 rings (SSSR count). The Kier molecular flexibility index (Phi) is 6.74. The number of likely N-dealkylation sites (N-methyl/N-ethyl adjacent to an activating group) is 1. The summed E-state index contributed by atoms with van der Waals surface area (Å²) < 4.78 is 0. The molecule has 0 bridgehead atoms. The first-order chi connectivity index (χ1) is 9.08. The smallest absolute Gasteiger partial charge is 0.136 e. The summed E-state index contributed by atoms with van der Waals surface area (Å²) in [5.74, 6) is 0. The Balaban J connectivity index is 0.000000192. The van der Waals surface area contributed by atoms with Crippen LogP contribution in [0.5, 0.6) is 0 Å². The van der Waals surface area contributed by atoms with Gasteiger partial charge in [0.1, 0.15) is 6.29 Å². The number of benzene rings is 1. The third-order valence-electron chi connectivity index (χ3n) is 3.47. The van der Waals surface area contributed by atoms with E-state index in [-0.39, 0.29) is 6.04 Å². The van der Waals surface area contributed by atoms with Gasteiger partial charge in [-0.2, -0.15) is 0 Å². The second kappa shape index (κ2) is 8.08. The third-order valence-corrected chi connectivity index (χ3v) is 3.47. The zero-order chi connectivity index (χ0) is 14.3. The molecule has 1 aliphatic heterocycles. The number of carbonyl (C=O) groups excluding carboxylic acids is 1. The lowest BCUT2D eigenvalue weighted by atomic mass is 10.1. The predicted octanol–water partition coefficient (Wildman–Crippen LogP) is 2.55. The number of carbonyl (C=O) groups is 1. The van der Waals surface area contributed by atoms with Gasteiger partial charge in [0.05, 0.1) is 6.04 Å². The first-order valence-electron chi connectivity index (χ1n) is 6.99. The summed E-state index contributed by atoms with van der Waals surface area (Å²) in [7, 11) is 4.11. The Morgan fingerprint density at radius 1 is 1.32 bits per heavy atom. The minimum absolute atomic E-state index is 0.0740. The van der Waals surface area contributed by atoms with E-state index in [0.29, 0.717) is 0 Å². The second-order valence-electron chi connectivity index (χ2n) is 5.30. The lowest BCUT2D eigenvalue weighted by Crippen LogP contribution is -2.30. The Labute approximate surface area is 117 Å². The highest BCUT2D eigenvalue weighted by atomic mass is 16.1. The van der Waals surface area contributed by atoms with Gasteiger partial charge < -0.3 is 4.79 Å². The van der Waals surface area contributed by atoms with Crippen LogP contribution < -0.4 is 0 Å². The number of hydrogen-bond acceptors (Lipinski definition) is 3. The number of hydrogen-bond donors (Lipinski definition) is 0. The topological polar surface area (TPSA) is 23.6 Å². The summed E-state index contributed by atoms with van der Waals surface area (Å²) in [6, 6.07) is 8.71. The van der Waals surface area contributed by atoms with Gasteiger partial charge in [-0.15, -0.1) is 0 Å². The van der Waals surface area contributed by atoms with Crippen molar-refractivity contribution < 1.29 is 4.79 Å². The van der Waals surface area contributed by atoms with E-state index >= 15 is 0 Å². The largest absolute Gasteiger partial charge is 0.302 e. The van der Waals surface area contributed by atoms with Crippen molar-refractivity contribution in [3.63, 3.8) is 0 Å². The molecule has 3 nitrogen and oxygen atoms in total. The molecule has 0 N–H and O–H groups in total. The zero-order valence-corrected chi connectivity index (χ0v) is 12.6. The maximum atomic E-state index is 10.2. The highest BCUT2D eigenvalue weighted by Gasteiger charge is 2.12. The molecule has 19 heavy (non-hydrogen) atoms. The highest BCUT2D eigenvalue weighted by molar-refractivity contribution is 5.56. The van der Waals surface area contributed by atoms with Crippen molar-refractivity contribution in [2.45, 2.75) is 39.4 Å². The van der Waals surface area contributed by atoms with Crippen molar-refractivity contribution in [2.75, 3.05) is 20.6 Å². The minimum Gasteiger partial charge on any atom is -0.302 e. The van der Waals surface area contributed by atoms with Crippen molar-refractivity contribution in [1.29, 1.82) is 0 Å². The maximum absolute atomic E-state index is 10.2. The van der Waals surface area contributed by atoms with Crippen LogP contribution in [-0.4, -0.2) is 42.8 Å². The summed E-state index contributed by atoms with van der Waals surface area (Å²) >= 11 is 0. The molecule has 1 atom stereocenters. The predicted molar refractivity (Wildman–Crippen MR) is 80.1 cm³/mol. The van der Waals surface area contributed by atoms with Gasteiger partial charge in [0, 0.05) is 13.1 Å². The SMILES string of the molecule is CCCN(C)[C@@H](C)C=O.CN1Cc2ccccc2C1. The summed E-state index contributed by atoms with van der Waals surface area (Å²) in [5, 5.41) is 0. The molecule has 0 fully saturated rings. The molecule has 0 aliphatic carbocycles. The average Bonchev–Trinajstić information content (AvgIpc) is 2.78. The molecule has 1 aromatic carbocycles. The van der Waals surface area contributed by atoms with Crippen LogP contribution in [0.25, 0.3) is 0 Å². The lowest BCUT2D eigenvalue weighted by molar-refractivity contribution is -0.111. The summed E-state index contributed by atoms with van der Waals surface area (Å²) in [4.78, 5) is 14.5. The fourth-order valence-electron chi connectivity index (χ4n) is 2.16. The lowest BCUT2D eigenvalue weighted by Gasteiger charge is -2.18. The van der Waals surface area contributed by atoms with Gasteiger partial charge in [-0.3, -0.25) is 9.80 Å². The normalized spacial score (nSPS) is 15.6. The van der Waals surface area contributed by atoms with Crippen LogP contribution in [0.1, 0.15) is 31.4 Å². The van der Waals surface area contributed by atoms with Crippen molar-refractivity contribution >= 4 is 6.29 Å². The van der Waals surface area contributed by atoms with Crippen molar-refractivity contribution in [2.24, 2.45) is 0 Å². The molecule has 0 unspecified atom stereocenters. The van der Waals surface area contributed by atoms with E-state index in [1.54, 1.807) is 0 Å². The van der Waals surface area contributed by atoms with Crippen molar-refractivity contribution in [1.82, 2.24) is 9.80 Å². The van der Waals surface area contributed by atoms with Crippen molar-refractivity contribution in [3.8, 4) is 0 Å². The van der Waals surface area contributed by atoms with Gasteiger partial charge in [-0.25, -0.2) is 0 Å². The fourth-order valence-corrected chi connectivity index (χ4v) is 2.16. The molecule has 0 saturated heterocycles. The zero-order valence-electron chi connectivity index (χ0n) is 12.6. The Morgan fingerprint density at radius 3 is 2.26 bits per heavy atom. The van der Waals surface area contributed by atoms with Crippen LogP contribution in [-0.2, 0) is 17.9 Å². The number of nitrogens with zero attached hydrogens (tertiary/aromatic N) is 2. The quantitative estimate of drug-likeness (QED) is 0.779. The van der Waals surface area contributed by atoms with E-state index in [9.17, 15) is 4.79 Å². The van der Waals surface area contributed by atoms with Gasteiger partial charge in [-0.1, -0.05) is 31.2 Å². The number of aldehydes is 1. The van der Waals surface area contributed by atoms with Crippen LogP contribution in [0.3, 0.4) is 0 Å². The molecule has 106 valence electrons. The molecular formula is C16H26N2O. The maximum Gasteiger partial charge on any atom is 0.136 e. The van der Waals surface area contributed by atoms with Gasteiger partial charge in [0.2, 0.25) is 0 Å². The van der Waals surface area contributed by atoms with Crippen molar-refractivity contribution in [3.05, 3.63) is 35.4 Å². The van der Waals surface area contributed by atoms with Gasteiger partial charge in [0.25, 0.3) is 0 Å². The molecule has 0 aromatic heterocycles. The standard InChI is InChI=1S/C9H11N.C7H15NO/c1-10-6-8-4-2-3-5-9(8)7-10;1-4-5-8(3)7(2)6-9/h2-5H,6-7H2,1H3;6-7H,4-5H2,1-3H3/t;7-/m.0/s1. The fraction of sp³-hybridized carbons (Fsp3) is 0.562. The van der Waals surface area contributed by atoms with E-state index < -0.39 is 0 Å². The van der Waals surface area contributed by atoms with Crippen LogP contribution >= 0.6 is 0 Å². The van der Waals surface area contributed by atoms with Crippen LogP contribution in [0, 0.1) is 0 Å². The van der Waals surface area contributed by atoms with Gasteiger partial charge in [-0.05, 0) is 45.1 Å². The van der Waals surface area contributed by atoms with Crippen LogP contribution in [0.2, 0.25) is 0 Å². The summed E-state index contributed by atoms with van der Waals surface area (Å²) in [6.45, 7) is 7.25. The van der Waals surface area contributed by atoms with E-state index in [1.807, 2.05) is 18.9 Å². The Hall–Kier alpha value is -1.19. The monoisotopic (exact) mass is 262 g/mol. The molecule has 0 amide bonds. The molecular weight excluding hydrogens is 236 g/mol. The van der Waals surface area contributed by atoms with Gasteiger partial charge in [0.15, 0.2) is 0 Å². The molecule has 0 saturated carbocycles. The van der Waals surface area contributed by atoms with Crippen LogP contribution in [0.4, 0.5) is 0 Å². The van der Waals surface area contributed by atoms with Gasteiger partial charge >= 0.3 is 0 Å². The average molecular weight is 262 g/mol. The summed E-state index contributed by atoms with van der Waals surface area (Å²) in [5.41, 5.74) is 2.98. The molecule has 1 aliphatic rings. The van der Waals surface area contributed by atoms with E-state index in [4.69, 9.17) is 0 Å². The highest BCUT2D eigenvalue weighted by Crippen LogP contribution is 2.19. The number of fused-ring (bicyclic) bond motifs is 1. The number of rotatable bonds is 4. The van der Waals surface area contributed by atoms with Crippen LogP contribution in [0.15, 0.2) is 24.3 Å². The molecule has 1 heterocycles. The second-order valence-corrected chi connectivity index (χ2v) is 5.30. The van der Waals surface area contributed by atoms with E-state index in [1.165, 1.54) is 11.1 Å². The molecule has 3 heteroatoms. The van der Waals surface area contributed by atoms with E-state index in [2.05, 4.69) is 43.1 Å².